The fourth-order valence-corrected chi connectivity index (χ4v) is 2.64. The molecule has 26 heavy (non-hydrogen) atoms. The van der Waals surface area contributed by atoms with Gasteiger partial charge in [-0.3, -0.25) is 14.4 Å². The molecular formula is C16H14F5N5. The molecular weight excluding hydrogens is 357 g/mol. The van der Waals surface area contributed by atoms with Crippen molar-refractivity contribution in [1.82, 2.24) is 14.6 Å². The van der Waals surface area contributed by atoms with Crippen LogP contribution < -0.4 is 0 Å². The van der Waals surface area contributed by atoms with E-state index < -0.39 is 29.2 Å². The van der Waals surface area contributed by atoms with E-state index in [-0.39, 0.29) is 30.8 Å². The first-order chi connectivity index (χ1) is 12.2. The molecule has 0 N–H and O–H groups in total. The number of hydrogen-bond donors (Lipinski definition) is 0. The van der Waals surface area contributed by atoms with Crippen LogP contribution in [-0.2, 0) is 19.1 Å². The third-order valence-electron chi connectivity index (χ3n) is 4.05. The Morgan fingerprint density at radius 2 is 2.08 bits per heavy atom. The molecule has 5 nitrogen and oxygen atoms in total. The minimum absolute atomic E-state index is 0.0858. The molecule has 1 unspecified atom stereocenters. The second-order valence-corrected chi connectivity index (χ2v) is 5.90. The fraction of sp³-hybridized carbons (Fsp3) is 0.375. The second kappa shape index (κ2) is 6.58. The van der Waals surface area contributed by atoms with Crippen molar-refractivity contribution in [2.75, 3.05) is 0 Å². The number of aliphatic imine (C=N–C) groups is 2. The van der Waals surface area contributed by atoms with Crippen molar-refractivity contribution in [3.63, 3.8) is 0 Å². The number of nitrogens with zero attached hydrogens (tertiary/aromatic N) is 5. The van der Waals surface area contributed by atoms with Crippen LogP contribution in [0, 0.1) is 5.92 Å². The Kier molecular flexibility index (Phi) is 4.59. The normalized spacial score (nSPS) is 19.7. The summed E-state index contributed by atoms with van der Waals surface area (Å²) in [4.78, 5) is 7.33. The number of pyridine rings is 1. The summed E-state index contributed by atoms with van der Waals surface area (Å²) in [7, 11) is 0. The molecule has 138 valence electrons. The Morgan fingerprint density at radius 3 is 2.69 bits per heavy atom. The quantitative estimate of drug-likeness (QED) is 0.574. The molecule has 2 heterocycles. The lowest BCUT2D eigenvalue weighted by Crippen LogP contribution is -2.12. The third kappa shape index (κ3) is 3.63. The first kappa shape index (κ1) is 18.2. The Balaban J connectivity index is 1.95. The van der Waals surface area contributed by atoms with Crippen LogP contribution in [0.3, 0.4) is 0 Å². The van der Waals surface area contributed by atoms with E-state index in [1.807, 2.05) is 0 Å². The highest BCUT2D eigenvalue weighted by Crippen LogP contribution is 2.50. The van der Waals surface area contributed by atoms with Crippen molar-refractivity contribution in [1.29, 1.82) is 0 Å². The maximum absolute atomic E-state index is 13.5. The highest BCUT2D eigenvalue weighted by molar-refractivity contribution is 5.71. The summed E-state index contributed by atoms with van der Waals surface area (Å²) in [6.45, 7) is 2.99. The van der Waals surface area contributed by atoms with Gasteiger partial charge in [0.05, 0.1) is 6.54 Å². The molecule has 0 aliphatic heterocycles. The van der Waals surface area contributed by atoms with Gasteiger partial charge in [0.25, 0.3) is 5.92 Å². The molecule has 0 amide bonds. The summed E-state index contributed by atoms with van der Waals surface area (Å²) in [6, 6.07) is 1.25. The van der Waals surface area contributed by atoms with Gasteiger partial charge in [0.1, 0.15) is 11.4 Å². The van der Waals surface area contributed by atoms with Crippen LogP contribution in [-0.4, -0.2) is 33.5 Å². The number of hydrogen-bond acceptors (Lipinski definition) is 4. The van der Waals surface area contributed by atoms with Gasteiger partial charge < -0.3 is 0 Å². The summed E-state index contributed by atoms with van der Waals surface area (Å²) >= 11 is 0. The van der Waals surface area contributed by atoms with Crippen molar-refractivity contribution < 1.29 is 22.0 Å². The summed E-state index contributed by atoms with van der Waals surface area (Å²) in [6.07, 6.45) is 0.353. The van der Waals surface area contributed by atoms with E-state index in [2.05, 4.69) is 26.9 Å². The van der Waals surface area contributed by atoms with Crippen molar-refractivity contribution in [2.24, 2.45) is 15.9 Å². The minimum atomic E-state index is -4.68. The van der Waals surface area contributed by atoms with Crippen LogP contribution in [0.4, 0.5) is 22.0 Å². The van der Waals surface area contributed by atoms with E-state index in [9.17, 15) is 22.0 Å². The summed E-state index contributed by atoms with van der Waals surface area (Å²) in [5.74, 6) is -3.59. The average Bonchev–Trinajstić information content (AvgIpc) is 2.97. The second-order valence-electron chi connectivity index (χ2n) is 5.90. The van der Waals surface area contributed by atoms with Crippen molar-refractivity contribution in [3.8, 4) is 0 Å². The molecule has 1 aliphatic carbocycles. The van der Waals surface area contributed by atoms with Crippen molar-refractivity contribution >= 4 is 18.6 Å². The van der Waals surface area contributed by atoms with Gasteiger partial charge in [0.2, 0.25) is 0 Å². The average molecular weight is 371 g/mol. The Bertz CT molecular complexity index is 881. The maximum atomic E-state index is 13.5. The molecule has 3 rings (SSSR count). The molecule has 0 aromatic carbocycles. The van der Waals surface area contributed by atoms with Gasteiger partial charge in [-0.25, -0.2) is 8.78 Å². The van der Waals surface area contributed by atoms with Crippen LogP contribution in [0.1, 0.15) is 23.4 Å². The molecule has 10 heteroatoms. The van der Waals surface area contributed by atoms with Gasteiger partial charge in [-0.1, -0.05) is 0 Å². The van der Waals surface area contributed by atoms with Crippen LogP contribution >= 0.6 is 0 Å². The zero-order valence-corrected chi connectivity index (χ0v) is 13.4. The van der Waals surface area contributed by atoms with Crippen LogP contribution in [0.25, 0.3) is 5.65 Å². The van der Waals surface area contributed by atoms with E-state index in [1.54, 1.807) is 0 Å². The predicted octanol–water partition coefficient (Wildman–Crippen LogP) is 3.73. The number of alkyl halides is 5. The van der Waals surface area contributed by atoms with E-state index in [0.717, 1.165) is 4.40 Å². The van der Waals surface area contributed by atoms with Gasteiger partial charge in [-0.05, 0) is 24.4 Å². The number of aromatic nitrogens is 3. The Hall–Kier alpha value is -2.65. The summed E-state index contributed by atoms with van der Waals surface area (Å²) < 4.78 is 67.9. The van der Waals surface area contributed by atoms with Crippen LogP contribution in [0.15, 0.2) is 34.5 Å². The summed E-state index contributed by atoms with van der Waals surface area (Å²) in [5, 5.41) is 7.28. The molecule has 1 aliphatic rings. The molecule has 0 saturated heterocycles. The Morgan fingerprint density at radius 1 is 1.35 bits per heavy atom. The monoisotopic (exact) mass is 371 g/mol. The van der Waals surface area contributed by atoms with Gasteiger partial charge in [0.15, 0.2) is 5.65 Å². The smallest absolute Gasteiger partial charge is 0.288 e. The molecule has 1 atom stereocenters. The van der Waals surface area contributed by atoms with Crippen LogP contribution in [0.2, 0.25) is 0 Å². The minimum Gasteiger partial charge on any atom is -0.288 e. The van der Waals surface area contributed by atoms with E-state index in [0.29, 0.717) is 0 Å². The standard InChI is InChI=1S/C16H14F5N5/c1-22-4-2-5-23-9-10-3-6-26-12(7-11-8-15(11,17)18)24-25-14(26)13(10)16(19,20)21/h2-6,11H,1,7-9H2/b4-2-,23-5?. The molecule has 2 aromatic heterocycles. The molecule has 2 aromatic rings. The largest absolute Gasteiger partial charge is 0.420 e. The molecule has 0 spiro atoms. The number of halogens is 5. The van der Waals surface area contributed by atoms with Crippen LogP contribution in [0.5, 0.6) is 0 Å². The lowest BCUT2D eigenvalue weighted by molar-refractivity contribution is -0.137. The lowest BCUT2D eigenvalue weighted by atomic mass is 10.1. The lowest BCUT2D eigenvalue weighted by Gasteiger charge is -2.12. The fourth-order valence-electron chi connectivity index (χ4n) is 2.64. The summed E-state index contributed by atoms with van der Waals surface area (Å²) in [5.41, 5.74) is -1.46. The van der Waals surface area contributed by atoms with E-state index >= 15 is 0 Å². The zero-order chi connectivity index (χ0) is 18.9. The highest BCUT2D eigenvalue weighted by Gasteiger charge is 2.57. The zero-order valence-electron chi connectivity index (χ0n) is 13.4. The third-order valence-corrected chi connectivity index (χ3v) is 4.05. The van der Waals surface area contributed by atoms with Gasteiger partial charge in [0, 0.05) is 37.4 Å². The number of fused-ring (bicyclic) bond motifs is 1. The molecule has 0 bridgehead atoms. The predicted molar refractivity (Wildman–Crippen MR) is 85.6 cm³/mol. The molecule has 1 fully saturated rings. The van der Waals surface area contributed by atoms with Gasteiger partial charge >= 0.3 is 6.18 Å². The molecule has 0 radical (unpaired) electrons. The van der Waals surface area contributed by atoms with E-state index in [4.69, 9.17) is 0 Å². The topological polar surface area (TPSA) is 54.9 Å². The maximum Gasteiger partial charge on any atom is 0.420 e. The van der Waals surface area contributed by atoms with Gasteiger partial charge in [-0.15, -0.1) is 10.2 Å². The first-order valence-corrected chi connectivity index (χ1v) is 7.65. The number of rotatable bonds is 6. The van der Waals surface area contributed by atoms with Crippen molar-refractivity contribution in [3.05, 3.63) is 41.5 Å². The highest BCUT2D eigenvalue weighted by atomic mass is 19.4. The van der Waals surface area contributed by atoms with E-state index in [1.165, 1.54) is 30.8 Å². The van der Waals surface area contributed by atoms with Crippen molar-refractivity contribution in [2.45, 2.75) is 31.5 Å². The molecule has 1 saturated carbocycles. The SMILES string of the molecule is C=N/C=C\C=NCc1ccn2c(CC3CC3(F)F)nnc2c1C(F)(F)F. The van der Waals surface area contributed by atoms with Gasteiger partial charge in [-0.2, -0.15) is 13.2 Å². The first-order valence-electron chi connectivity index (χ1n) is 7.65. The number of allylic oxidation sites excluding steroid dienone is 1. The Labute approximate surface area is 145 Å².